The van der Waals surface area contributed by atoms with Crippen molar-refractivity contribution in [1.82, 2.24) is 30.7 Å². The van der Waals surface area contributed by atoms with Gasteiger partial charge >= 0.3 is 0 Å². The van der Waals surface area contributed by atoms with Crippen LogP contribution in [-0.4, -0.2) is 143 Å². The Morgan fingerprint density at radius 2 is 1.60 bits per heavy atom. The number of hydrogen-bond acceptors (Lipinski definition) is 13. The summed E-state index contributed by atoms with van der Waals surface area (Å²) in [5, 5.41) is 7.90. The largest absolute Gasteiger partial charge is 0.463 e. The maximum absolute atomic E-state index is 13.8. The van der Waals surface area contributed by atoms with Gasteiger partial charge in [0.2, 0.25) is 23.6 Å². The fourth-order valence-electron chi connectivity index (χ4n) is 9.11. The molecule has 1 aromatic heterocycles. The van der Waals surface area contributed by atoms with Gasteiger partial charge in [-0.2, -0.15) is 4.98 Å². The number of nitrogens with one attached hydrogen (secondary N) is 3. The van der Waals surface area contributed by atoms with Gasteiger partial charge in [0.25, 0.3) is 12.5 Å². The summed E-state index contributed by atoms with van der Waals surface area (Å²) in [4.78, 5) is 74.5. The maximum atomic E-state index is 13.8. The molecule has 4 aliphatic heterocycles. The lowest BCUT2D eigenvalue weighted by Crippen LogP contribution is -2.52. The van der Waals surface area contributed by atoms with Crippen molar-refractivity contribution in [3.8, 4) is 0 Å². The smallest absolute Gasteiger partial charge is 0.298 e. The molecule has 0 radical (unpaired) electrons. The third-order valence-corrected chi connectivity index (χ3v) is 13.0. The first-order chi connectivity index (χ1) is 33.9. The standard InChI is InChI=1S/C26H39N5O6.C23H25FN4O2.C3H8/c1-3-4-5-6-25(35)31-13-11-30(12-14-31)17-24(34)27-16-23(33)29-20(2)26(36)28-15-21-7-9-22(10-8-21)18-37-19-32;1-26-20-6-7-28(14-18(20)17-4-2-15(24)12-21(17)26)16-3-5-19-22(13-16)30-23(25-19)27-8-10-29-11-9-27;1-3-2/h7-10,19-20H,3-6,11-18H2,1-2H3,(H,27,34)(H,28,36)(H,29,33);2-5,12-13,18,20H,6-11,14H2,1H3;3H2,1-2H3. The van der Waals surface area contributed by atoms with E-state index in [2.05, 4.69) is 75.6 Å². The monoisotopic (exact) mass is 970 g/mol. The summed E-state index contributed by atoms with van der Waals surface area (Å²) in [6.07, 6.45) is 5.92. The van der Waals surface area contributed by atoms with E-state index in [0.717, 1.165) is 85.5 Å². The molecule has 3 N–H and O–H groups in total. The summed E-state index contributed by atoms with van der Waals surface area (Å²) in [5.74, 6) is -0.701. The minimum atomic E-state index is -0.771. The number of unbranched alkanes of at least 4 members (excludes halogenated alkanes) is 2. The number of carbonyl (C=O) groups is 5. The topological polar surface area (TPSA) is 182 Å². The van der Waals surface area contributed by atoms with Crippen LogP contribution in [0.2, 0.25) is 0 Å². The number of morpholine rings is 1. The van der Waals surface area contributed by atoms with Gasteiger partial charge in [0.15, 0.2) is 5.58 Å². The van der Waals surface area contributed by atoms with Crippen LogP contribution in [0.25, 0.3) is 11.1 Å². The summed E-state index contributed by atoms with van der Waals surface area (Å²) in [7, 11) is 2.09. The van der Waals surface area contributed by atoms with Crippen molar-refractivity contribution < 1.29 is 42.3 Å². The second-order valence-corrected chi connectivity index (χ2v) is 18.3. The molecular weight excluding hydrogens is 898 g/mol. The van der Waals surface area contributed by atoms with Gasteiger partial charge in [0.1, 0.15) is 24.0 Å². The predicted octanol–water partition coefficient (Wildman–Crippen LogP) is 5.35. The number of nitrogens with zero attached hydrogens (tertiary/aromatic N) is 6. The van der Waals surface area contributed by atoms with Crippen molar-refractivity contribution in [3.05, 3.63) is 83.2 Å². The lowest BCUT2D eigenvalue weighted by molar-refractivity contribution is -0.134. The predicted molar refractivity (Wildman–Crippen MR) is 268 cm³/mol. The van der Waals surface area contributed by atoms with Crippen LogP contribution in [0, 0.1) is 5.82 Å². The number of anilines is 3. The number of oxazole rings is 1. The molecule has 3 aromatic carbocycles. The normalized spacial score (nSPS) is 18.0. The highest BCUT2D eigenvalue weighted by molar-refractivity contribution is 5.90. The zero-order chi connectivity index (χ0) is 50.0. The Hall–Kier alpha value is -6.27. The molecule has 0 aliphatic carbocycles. The van der Waals surface area contributed by atoms with Crippen LogP contribution in [0.15, 0.2) is 65.1 Å². The van der Waals surface area contributed by atoms with E-state index in [-0.39, 0.29) is 49.8 Å². The van der Waals surface area contributed by atoms with E-state index in [1.54, 1.807) is 31.2 Å². The molecule has 0 bridgehead atoms. The number of rotatable bonds is 17. The van der Waals surface area contributed by atoms with E-state index in [1.165, 1.54) is 12.0 Å². The summed E-state index contributed by atoms with van der Waals surface area (Å²) >= 11 is 0. The van der Waals surface area contributed by atoms with E-state index in [9.17, 15) is 28.4 Å². The number of aromatic nitrogens is 1. The van der Waals surface area contributed by atoms with E-state index in [0.29, 0.717) is 70.3 Å². The van der Waals surface area contributed by atoms with E-state index in [4.69, 9.17) is 13.9 Å². The highest BCUT2D eigenvalue weighted by Gasteiger charge is 2.40. The van der Waals surface area contributed by atoms with Crippen LogP contribution in [0.4, 0.5) is 21.8 Å². The molecule has 5 heterocycles. The van der Waals surface area contributed by atoms with Gasteiger partial charge in [-0.15, -0.1) is 0 Å². The quantitative estimate of drug-likeness (QED) is 0.0911. The zero-order valence-corrected chi connectivity index (χ0v) is 41.6. The number of hydrogen-bond donors (Lipinski definition) is 3. The molecule has 18 heteroatoms. The highest BCUT2D eigenvalue weighted by atomic mass is 19.1. The lowest BCUT2D eigenvalue weighted by Gasteiger charge is -2.39. The number of benzene rings is 3. The van der Waals surface area contributed by atoms with E-state index in [1.807, 2.05) is 34.1 Å². The Kier molecular flexibility index (Phi) is 20.2. The first-order valence-corrected chi connectivity index (χ1v) is 24.9. The van der Waals surface area contributed by atoms with Crippen LogP contribution < -0.4 is 30.7 Å². The van der Waals surface area contributed by atoms with Crippen molar-refractivity contribution >= 4 is 58.6 Å². The number of carbonyl (C=O) groups excluding carboxylic acids is 5. The second-order valence-electron chi connectivity index (χ2n) is 18.3. The number of likely N-dealkylation sites (N-methyl/N-ethyl adjacent to an activating group) is 1. The summed E-state index contributed by atoms with van der Waals surface area (Å²) in [6, 6.07) is 19.1. The highest BCUT2D eigenvalue weighted by Crippen LogP contribution is 2.45. The second kappa shape index (κ2) is 26.6. The summed E-state index contributed by atoms with van der Waals surface area (Å²) in [5.41, 5.74) is 6.84. The first kappa shape index (κ1) is 53.1. The van der Waals surface area contributed by atoms with Crippen LogP contribution >= 0.6 is 0 Å². The Bertz CT molecular complexity index is 2330. The fraction of sp³-hybridized carbons (Fsp3) is 0.538. The first-order valence-electron chi connectivity index (χ1n) is 24.9. The van der Waals surface area contributed by atoms with Crippen molar-refractivity contribution in [2.24, 2.45) is 0 Å². The minimum absolute atomic E-state index is 0.154. The van der Waals surface area contributed by atoms with Crippen molar-refractivity contribution in [1.29, 1.82) is 0 Å². The summed E-state index contributed by atoms with van der Waals surface area (Å²) < 4.78 is 30.0. The summed E-state index contributed by atoms with van der Waals surface area (Å²) in [6.45, 7) is 16.1. The molecule has 4 aliphatic rings. The Morgan fingerprint density at radius 1 is 0.871 bits per heavy atom. The molecule has 0 spiro atoms. The Morgan fingerprint density at radius 3 is 2.31 bits per heavy atom. The molecule has 70 heavy (non-hydrogen) atoms. The third kappa shape index (κ3) is 14.9. The average Bonchev–Trinajstić information content (AvgIpc) is 3.93. The molecule has 0 saturated carbocycles. The maximum Gasteiger partial charge on any atom is 0.298 e. The van der Waals surface area contributed by atoms with E-state index >= 15 is 0 Å². The number of piperidine rings is 1. The van der Waals surface area contributed by atoms with Crippen molar-refractivity contribution in [2.75, 3.05) is 100 Å². The van der Waals surface area contributed by atoms with Crippen LogP contribution in [0.5, 0.6) is 0 Å². The molecule has 8 rings (SSSR count). The van der Waals surface area contributed by atoms with Gasteiger partial charge in [-0.1, -0.05) is 70.4 Å². The van der Waals surface area contributed by atoms with Crippen molar-refractivity contribution in [3.63, 3.8) is 0 Å². The van der Waals surface area contributed by atoms with Crippen LogP contribution in [0.3, 0.4) is 0 Å². The van der Waals surface area contributed by atoms with Gasteiger partial charge in [0, 0.05) is 102 Å². The molecular formula is C52H72FN9O8. The molecule has 380 valence electrons. The molecule has 3 atom stereocenters. The molecule has 3 saturated heterocycles. The van der Waals surface area contributed by atoms with Crippen LogP contribution in [0.1, 0.15) is 88.8 Å². The van der Waals surface area contributed by atoms with E-state index < -0.39 is 11.9 Å². The zero-order valence-electron chi connectivity index (χ0n) is 41.6. The SMILES string of the molecule is CCC.CCCCCC(=O)N1CCN(CC(=O)NCC(=O)NC(C)C(=O)NCc2ccc(COC=O)cc2)CC1.CN1c2cc(F)ccc2C2CN(c3ccc4nc(N5CCOCC5)oc4c3)CCC21. The molecule has 17 nitrogen and oxygen atoms in total. The number of amides is 4. The lowest BCUT2D eigenvalue weighted by atomic mass is 9.89. The van der Waals surface area contributed by atoms with Gasteiger partial charge in [-0.05, 0) is 60.7 Å². The number of piperazine rings is 1. The van der Waals surface area contributed by atoms with Gasteiger partial charge in [0.05, 0.1) is 26.3 Å². The minimum Gasteiger partial charge on any atom is -0.463 e. The third-order valence-electron chi connectivity index (χ3n) is 13.0. The fourth-order valence-corrected chi connectivity index (χ4v) is 9.11. The Labute approximate surface area is 411 Å². The molecule has 3 unspecified atom stereocenters. The molecule has 4 amide bonds. The Balaban J connectivity index is 0.000000220. The number of fused-ring (bicyclic) bond motifs is 4. The van der Waals surface area contributed by atoms with Gasteiger partial charge < -0.3 is 49.4 Å². The van der Waals surface area contributed by atoms with Gasteiger partial charge in [-0.25, -0.2) is 4.39 Å². The number of ether oxygens (including phenoxy) is 2. The molecule has 4 aromatic rings. The molecule has 3 fully saturated rings. The van der Waals surface area contributed by atoms with Crippen LogP contribution in [-0.2, 0) is 46.6 Å². The van der Waals surface area contributed by atoms with Crippen molar-refractivity contribution in [2.45, 2.75) is 97.4 Å². The average molecular weight is 970 g/mol. The van der Waals surface area contributed by atoms with Gasteiger partial charge in [-0.3, -0.25) is 28.9 Å². The number of halogens is 1.